The number of nitrogens with one attached hydrogen (secondary N) is 1. The first-order chi connectivity index (χ1) is 7.28. The number of hydrogen-bond donors (Lipinski definition) is 2. The van der Waals surface area contributed by atoms with Crippen LogP contribution in [0.3, 0.4) is 0 Å². The van der Waals surface area contributed by atoms with Gasteiger partial charge in [-0.05, 0) is 31.2 Å². The highest BCUT2D eigenvalue weighted by atomic mass is 32.2. The van der Waals surface area contributed by atoms with Crippen molar-refractivity contribution < 1.29 is 9.52 Å². The second-order valence-corrected chi connectivity index (χ2v) is 4.87. The third-order valence-corrected chi connectivity index (χ3v) is 3.26. The average molecular weight is 227 g/mol. The minimum absolute atomic E-state index is 0.0915. The van der Waals surface area contributed by atoms with Gasteiger partial charge in [0.05, 0.1) is 18.4 Å². The van der Waals surface area contributed by atoms with Crippen LogP contribution in [0, 0.1) is 0 Å². The summed E-state index contributed by atoms with van der Waals surface area (Å²) in [5.74, 6) is 2.95. The summed E-state index contributed by atoms with van der Waals surface area (Å²) in [5, 5.41) is 12.5. The van der Waals surface area contributed by atoms with Crippen LogP contribution in [0.15, 0.2) is 16.5 Å². The van der Waals surface area contributed by atoms with E-state index in [2.05, 4.69) is 11.6 Å². The van der Waals surface area contributed by atoms with Gasteiger partial charge in [0.25, 0.3) is 0 Å². The van der Waals surface area contributed by atoms with Crippen molar-refractivity contribution in [2.75, 3.05) is 6.26 Å². The number of rotatable bonds is 5. The largest absolute Gasteiger partial charge is 0.464 e. The van der Waals surface area contributed by atoms with Crippen molar-refractivity contribution in [1.29, 1.82) is 0 Å². The molecule has 1 aliphatic rings. The van der Waals surface area contributed by atoms with Crippen molar-refractivity contribution in [2.24, 2.45) is 0 Å². The standard InChI is InChI=1S/C11H17NO2S/c1-15-7-11-3-2-10(14-11)6-12-8-4-9(13)5-8/h2-3,8-9,12-13H,4-7H2,1H3. The molecule has 0 aromatic carbocycles. The van der Waals surface area contributed by atoms with Crippen LogP contribution in [0.2, 0.25) is 0 Å². The SMILES string of the molecule is CSCc1ccc(CNC2CC(O)C2)o1. The Morgan fingerprint density at radius 2 is 2.20 bits per heavy atom. The lowest BCUT2D eigenvalue weighted by Crippen LogP contribution is -2.43. The molecule has 0 aliphatic heterocycles. The van der Waals surface area contributed by atoms with E-state index >= 15 is 0 Å². The molecule has 0 atom stereocenters. The molecule has 3 nitrogen and oxygen atoms in total. The van der Waals surface area contributed by atoms with E-state index in [4.69, 9.17) is 9.52 Å². The van der Waals surface area contributed by atoms with E-state index in [9.17, 15) is 0 Å². The molecule has 0 saturated heterocycles. The Hall–Kier alpha value is -0.450. The van der Waals surface area contributed by atoms with Gasteiger partial charge < -0.3 is 14.8 Å². The highest BCUT2D eigenvalue weighted by molar-refractivity contribution is 7.97. The van der Waals surface area contributed by atoms with Crippen molar-refractivity contribution in [3.63, 3.8) is 0 Å². The Morgan fingerprint density at radius 3 is 2.87 bits per heavy atom. The van der Waals surface area contributed by atoms with Gasteiger partial charge >= 0.3 is 0 Å². The molecule has 1 aromatic rings. The van der Waals surface area contributed by atoms with Crippen LogP contribution in [0.25, 0.3) is 0 Å². The van der Waals surface area contributed by atoms with Crippen LogP contribution in [0.4, 0.5) is 0 Å². The molecule has 0 radical (unpaired) electrons. The van der Waals surface area contributed by atoms with Gasteiger partial charge in [-0.15, -0.1) is 0 Å². The van der Waals surface area contributed by atoms with E-state index in [1.165, 1.54) is 0 Å². The Balaban J connectivity index is 1.73. The van der Waals surface area contributed by atoms with Crippen LogP contribution >= 0.6 is 11.8 Å². The van der Waals surface area contributed by atoms with Gasteiger partial charge in [0.15, 0.2) is 0 Å². The molecule has 1 fully saturated rings. The topological polar surface area (TPSA) is 45.4 Å². The molecule has 0 spiro atoms. The smallest absolute Gasteiger partial charge is 0.118 e. The van der Waals surface area contributed by atoms with Gasteiger partial charge in [-0.1, -0.05) is 0 Å². The fraction of sp³-hybridized carbons (Fsp3) is 0.636. The quantitative estimate of drug-likeness (QED) is 0.804. The second-order valence-electron chi connectivity index (χ2n) is 4.00. The van der Waals surface area contributed by atoms with Crippen molar-refractivity contribution >= 4 is 11.8 Å². The summed E-state index contributed by atoms with van der Waals surface area (Å²) in [7, 11) is 0. The monoisotopic (exact) mass is 227 g/mol. The summed E-state index contributed by atoms with van der Waals surface area (Å²) in [6.45, 7) is 0.770. The summed E-state index contributed by atoms with van der Waals surface area (Å²) >= 11 is 1.76. The van der Waals surface area contributed by atoms with E-state index < -0.39 is 0 Å². The molecule has 2 N–H and O–H groups in total. The molecule has 4 heteroatoms. The van der Waals surface area contributed by atoms with E-state index in [0.717, 1.165) is 36.7 Å². The summed E-state index contributed by atoms with van der Waals surface area (Å²) in [6, 6.07) is 4.52. The highest BCUT2D eigenvalue weighted by Gasteiger charge is 2.26. The molecule has 1 aromatic heterocycles. The highest BCUT2D eigenvalue weighted by Crippen LogP contribution is 2.20. The predicted octanol–water partition coefficient (Wildman–Crippen LogP) is 1.76. The van der Waals surface area contributed by atoms with E-state index in [1.54, 1.807) is 11.8 Å². The minimum atomic E-state index is -0.0915. The Kier molecular flexibility index (Phi) is 3.72. The molecule has 1 aliphatic carbocycles. The Labute approximate surface area is 94.2 Å². The number of aliphatic hydroxyl groups is 1. The maximum atomic E-state index is 9.12. The molecule has 15 heavy (non-hydrogen) atoms. The van der Waals surface area contributed by atoms with Gasteiger partial charge in [-0.25, -0.2) is 0 Å². The van der Waals surface area contributed by atoms with Crippen LogP contribution in [0.5, 0.6) is 0 Å². The summed E-state index contributed by atoms with van der Waals surface area (Å²) in [5.41, 5.74) is 0. The molecule has 0 bridgehead atoms. The third kappa shape index (κ3) is 3.00. The van der Waals surface area contributed by atoms with Crippen LogP contribution in [-0.2, 0) is 12.3 Å². The molecule has 2 rings (SSSR count). The van der Waals surface area contributed by atoms with Crippen molar-refractivity contribution in [1.82, 2.24) is 5.32 Å². The maximum Gasteiger partial charge on any atom is 0.118 e. The van der Waals surface area contributed by atoms with Crippen LogP contribution in [-0.4, -0.2) is 23.5 Å². The molecule has 1 heterocycles. The lowest BCUT2D eigenvalue weighted by molar-refractivity contribution is 0.0611. The summed E-state index contributed by atoms with van der Waals surface area (Å²) in [4.78, 5) is 0. The minimum Gasteiger partial charge on any atom is -0.464 e. The van der Waals surface area contributed by atoms with E-state index in [1.807, 2.05) is 12.1 Å². The molecule has 1 saturated carbocycles. The van der Waals surface area contributed by atoms with E-state index in [0.29, 0.717) is 6.04 Å². The zero-order valence-electron chi connectivity index (χ0n) is 8.90. The average Bonchev–Trinajstić information content (AvgIpc) is 2.59. The molecular weight excluding hydrogens is 210 g/mol. The van der Waals surface area contributed by atoms with Crippen LogP contribution < -0.4 is 5.32 Å². The maximum absolute atomic E-state index is 9.12. The second kappa shape index (κ2) is 5.05. The zero-order chi connectivity index (χ0) is 10.7. The fourth-order valence-corrected chi connectivity index (χ4v) is 2.18. The lowest BCUT2D eigenvalue weighted by atomic mass is 9.89. The molecule has 0 amide bonds. The lowest BCUT2D eigenvalue weighted by Gasteiger charge is -2.31. The van der Waals surface area contributed by atoms with E-state index in [-0.39, 0.29) is 6.10 Å². The first-order valence-electron chi connectivity index (χ1n) is 5.26. The first kappa shape index (κ1) is 11.0. The summed E-state index contributed by atoms with van der Waals surface area (Å²) < 4.78 is 5.62. The summed E-state index contributed by atoms with van der Waals surface area (Å²) in [6.07, 6.45) is 3.72. The molecule has 84 valence electrons. The Bertz CT molecular complexity index is 307. The van der Waals surface area contributed by atoms with Gasteiger partial charge in [0, 0.05) is 6.04 Å². The number of aliphatic hydroxyl groups excluding tert-OH is 1. The van der Waals surface area contributed by atoms with Crippen molar-refractivity contribution in [2.45, 2.75) is 37.3 Å². The van der Waals surface area contributed by atoms with Crippen molar-refractivity contribution in [3.8, 4) is 0 Å². The number of hydrogen-bond acceptors (Lipinski definition) is 4. The first-order valence-corrected chi connectivity index (χ1v) is 6.65. The number of thioether (sulfide) groups is 1. The fourth-order valence-electron chi connectivity index (χ4n) is 1.74. The normalized spacial score (nSPS) is 25.2. The molecular formula is C11H17NO2S. The van der Waals surface area contributed by atoms with Crippen molar-refractivity contribution in [3.05, 3.63) is 23.7 Å². The Morgan fingerprint density at radius 1 is 1.47 bits per heavy atom. The van der Waals surface area contributed by atoms with Gasteiger partial charge in [-0.2, -0.15) is 11.8 Å². The predicted molar refractivity (Wildman–Crippen MR) is 61.8 cm³/mol. The van der Waals surface area contributed by atoms with Gasteiger partial charge in [0.2, 0.25) is 0 Å². The third-order valence-electron chi connectivity index (χ3n) is 2.68. The zero-order valence-corrected chi connectivity index (χ0v) is 9.72. The van der Waals surface area contributed by atoms with Gasteiger partial charge in [-0.3, -0.25) is 0 Å². The van der Waals surface area contributed by atoms with Gasteiger partial charge in [0.1, 0.15) is 11.5 Å². The molecule has 0 unspecified atom stereocenters. The number of furan rings is 1. The van der Waals surface area contributed by atoms with Crippen LogP contribution in [0.1, 0.15) is 24.4 Å².